The van der Waals surface area contributed by atoms with Crippen molar-refractivity contribution in [2.24, 2.45) is 0 Å². The average molecular weight is 383 g/mol. The number of hydrogen-bond donors (Lipinski definition) is 2. The molecule has 0 bridgehead atoms. The highest BCUT2D eigenvalue weighted by atomic mass is 16.6. The molecular weight excluding hydrogens is 344 g/mol. The fraction of sp³-hybridized carbons (Fsp3) is 0.619. The molecule has 6 nitrogen and oxygen atoms in total. The van der Waals surface area contributed by atoms with Crippen LogP contribution in [-0.2, 0) is 14.3 Å². The molecule has 1 saturated heterocycles. The molecule has 6 heteroatoms. The van der Waals surface area contributed by atoms with E-state index in [1.54, 1.807) is 6.92 Å². The summed E-state index contributed by atoms with van der Waals surface area (Å²) in [5.41, 5.74) is 0.278. The Morgan fingerprint density at radius 1 is 1.11 bits per heavy atom. The SMILES string of the molecule is C1CCNCC1.CC.CC(C)(C)OC(=O)Nc1ccccc1.CCOC=O. The Morgan fingerprint density at radius 3 is 1.96 bits per heavy atom. The molecule has 2 rings (SSSR count). The van der Waals surface area contributed by atoms with Gasteiger partial charge in [0.25, 0.3) is 6.47 Å². The van der Waals surface area contributed by atoms with E-state index in [2.05, 4.69) is 15.4 Å². The normalized spacial score (nSPS) is 12.4. The first-order valence-electron chi connectivity index (χ1n) is 9.70. The maximum absolute atomic E-state index is 11.3. The lowest BCUT2D eigenvalue weighted by atomic mass is 10.2. The molecule has 0 unspecified atom stereocenters. The molecule has 0 aromatic heterocycles. The highest BCUT2D eigenvalue weighted by Gasteiger charge is 2.15. The molecule has 0 radical (unpaired) electrons. The van der Waals surface area contributed by atoms with Crippen LogP contribution in [0.2, 0.25) is 0 Å². The van der Waals surface area contributed by atoms with Gasteiger partial charge in [-0.15, -0.1) is 0 Å². The van der Waals surface area contributed by atoms with Crippen molar-refractivity contribution in [3.63, 3.8) is 0 Å². The number of piperidine rings is 1. The molecule has 156 valence electrons. The van der Waals surface area contributed by atoms with E-state index in [4.69, 9.17) is 4.74 Å². The third-order valence-electron chi connectivity index (χ3n) is 2.86. The van der Waals surface area contributed by atoms with Gasteiger partial charge in [-0.25, -0.2) is 4.79 Å². The van der Waals surface area contributed by atoms with Crippen molar-refractivity contribution in [3.05, 3.63) is 30.3 Å². The second kappa shape index (κ2) is 18.7. The third-order valence-corrected chi connectivity index (χ3v) is 2.86. The maximum atomic E-state index is 11.3. The summed E-state index contributed by atoms with van der Waals surface area (Å²) in [5.74, 6) is 0. The number of nitrogens with one attached hydrogen (secondary N) is 2. The van der Waals surface area contributed by atoms with Crippen molar-refractivity contribution in [2.75, 3.05) is 25.0 Å². The van der Waals surface area contributed by atoms with E-state index in [0.29, 0.717) is 13.1 Å². The van der Waals surface area contributed by atoms with Crippen LogP contribution in [0.15, 0.2) is 30.3 Å². The zero-order chi connectivity index (χ0) is 21.0. The van der Waals surface area contributed by atoms with Gasteiger partial charge in [0.2, 0.25) is 0 Å². The maximum Gasteiger partial charge on any atom is 0.412 e. The average Bonchev–Trinajstić information content (AvgIpc) is 2.66. The van der Waals surface area contributed by atoms with Crippen molar-refractivity contribution in [3.8, 4) is 0 Å². The summed E-state index contributed by atoms with van der Waals surface area (Å²) in [5, 5.41) is 5.92. The van der Waals surface area contributed by atoms with E-state index in [1.165, 1.54) is 32.4 Å². The second-order valence-electron chi connectivity index (χ2n) is 6.36. The summed E-state index contributed by atoms with van der Waals surface area (Å²) in [6, 6.07) is 9.22. The van der Waals surface area contributed by atoms with Crippen molar-refractivity contribution in [2.45, 2.75) is 66.4 Å². The largest absolute Gasteiger partial charge is 0.468 e. The van der Waals surface area contributed by atoms with E-state index in [1.807, 2.05) is 65.0 Å². The number of ether oxygens (including phenoxy) is 2. The molecule has 1 aromatic carbocycles. The van der Waals surface area contributed by atoms with Crippen molar-refractivity contribution in [1.82, 2.24) is 5.32 Å². The van der Waals surface area contributed by atoms with Crippen molar-refractivity contribution >= 4 is 18.3 Å². The van der Waals surface area contributed by atoms with Gasteiger partial charge in [0.15, 0.2) is 0 Å². The molecule has 1 heterocycles. The van der Waals surface area contributed by atoms with Crippen LogP contribution >= 0.6 is 0 Å². The Balaban J connectivity index is 0. The van der Waals surface area contributed by atoms with Gasteiger partial charge >= 0.3 is 6.09 Å². The van der Waals surface area contributed by atoms with Gasteiger partial charge in [0, 0.05) is 5.69 Å². The van der Waals surface area contributed by atoms with Crippen LogP contribution in [0.1, 0.15) is 60.8 Å². The number of carbonyl (C=O) groups excluding carboxylic acids is 2. The fourth-order valence-corrected chi connectivity index (χ4v) is 1.81. The van der Waals surface area contributed by atoms with E-state index >= 15 is 0 Å². The first kappa shape index (κ1) is 27.1. The lowest BCUT2D eigenvalue weighted by Crippen LogP contribution is -2.27. The molecule has 0 atom stereocenters. The smallest absolute Gasteiger partial charge is 0.412 e. The molecule has 1 amide bonds. The third kappa shape index (κ3) is 21.9. The van der Waals surface area contributed by atoms with E-state index < -0.39 is 11.7 Å². The quantitative estimate of drug-likeness (QED) is 0.720. The summed E-state index contributed by atoms with van der Waals surface area (Å²) < 4.78 is 9.24. The minimum atomic E-state index is -0.459. The molecule has 27 heavy (non-hydrogen) atoms. The molecule has 2 N–H and O–H groups in total. The van der Waals surface area contributed by atoms with Crippen molar-refractivity contribution in [1.29, 1.82) is 0 Å². The number of hydrogen-bond acceptors (Lipinski definition) is 5. The standard InChI is InChI=1S/C11H15NO2.C5H11N.C3H6O2.C2H6/c1-11(2,3)14-10(13)12-9-7-5-4-6-8-9;1-2-4-6-5-3-1;1-2-5-3-4;1-2/h4-8H,1-3H3,(H,12,13);6H,1-5H2;3H,2H2,1H3;1-2H3. The van der Waals surface area contributed by atoms with Gasteiger partial charge in [-0.2, -0.15) is 0 Å². The number of anilines is 1. The van der Waals surface area contributed by atoms with Crippen LogP contribution in [0.5, 0.6) is 0 Å². The van der Waals surface area contributed by atoms with Crippen LogP contribution < -0.4 is 10.6 Å². The van der Waals surface area contributed by atoms with Gasteiger partial charge in [-0.3, -0.25) is 10.1 Å². The Morgan fingerprint density at radius 2 is 1.67 bits per heavy atom. The number of amides is 1. The Kier molecular flexibility index (Phi) is 18.8. The minimum absolute atomic E-state index is 0.427. The van der Waals surface area contributed by atoms with E-state index in [-0.39, 0.29) is 0 Å². The topological polar surface area (TPSA) is 76.7 Å². The van der Waals surface area contributed by atoms with Gasteiger partial charge in [0.1, 0.15) is 5.60 Å². The second-order valence-corrected chi connectivity index (χ2v) is 6.36. The first-order chi connectivity index (χ1) is 12.9. The number of benzene rings is 1. The first-order valence-corrected chi connectivity index (χ1v) is 9.70. The lowest BCUT2D eigenvalue weighted by molar-refractivity contribution is -0.128. The van der Waals surface area contributed by atoms with Gasteiger partial charge < -0.3 is 14.8 Å². The van der Waals surface area contributed by atoms with Crippen LogP contribution in [0.25, 0.3) is 0 Å². The highest BCUT2D eigenvalue weighted by molar-refractivity contribution is 5.84. The molecule has 1 aliphatic heterocycles. The number of carbonyl (C=O) groups is 2. The van der Waals surface area contributed by atoms with Gasteiger partial charge in [-0.05, 0) is 65.8 Å². The minimum Gasteiger partial charge on any atom is -0.468 e. The predicted octanol–water partition coefficient (Wildman–Crippen LogP) is 5.00. The predicted molar refractivity (Wildman–Crippen MR) is 112 cm³/mol. The van der Waals surface area contributed by atoms with Crippen LogP contribution in [-0.4, -0.2) is 37.9 Å². The zero-order valence-corrected chi connectivity index (χ0v) is 17.8. The molecule has 1 aromatic rings. The Bertz CT molecular complexity index is 443. The summed E-state index contributed by atoms with van der Waals surface area (Å²) in [4.78, 5) is 20.5. The monoisotopic (exact) mass is 382 g/mol. The Labute approximate surface area is 165 Å². The molecular formula is C21H38N2O4. The number of para-hydroxylation sites is 1. The highest BCUT2D eigenvalue weighted by Crippen LogP contribution is 2.10. The molecule has 1 aliphatic rings. The van der Waals surface area contributed by atoms with E-state index in [9.17, 15) is 9.59 Å². The summed E-state index contributed by atoms with van der Waals surface area (Å²) in [7, 11) is 0. The van der Waals surface area contributed by atoms with Crippen LogP contribution in [0, 0.1) is 0 Å². The zero-order valence-electron chi connectivity index (χ0n) is 17.8. The fourth-order valence-electron chi connectivity index (χ4n) is 1.81. The molecule has 1 fully saturated rings. The molecule has 0 aliphatic carbocycles. The van der Waals surface area contributed by atoms with Gasteiger partial charge in [-0.1, -0.05) is 38.5 Å². The molecule has 0 saturated carbocycles. The van der Waals surface area contributed by atoms with Crippen LogP contribution in [0.4, 0.5) is 10.5 Å². The summed E-state index contributed by atoms with van der Waals surface area (Å²) >= 11 is 0. The van der Waals surface area contributed by atoms with E-state index in [0.717, 1.165) is 5.69 Å². The number of rotatable bonds is 3. The Hall–Kier alpha value is -2.08. The van der Waals surface area contributed by atoms with Crippen LogP contribution in [0.3, 0.4) is 0 Å². The lowest BCUT2D eigenvalue weighted by Gasteiger charge is -2.19. The summed E-state index contributed by atoms with van der Waals surface area (Å²) in [6.45, 7) is 14.7. The summed E-state index contributed by atoms with van der Waals surface area (Å²) in [6.07, 6.45) is 3.79. The van der Waals surface area contributed by atoms with Crippen molar-refractivity contribution < 1.29 is 19.1 Å². The van der Waals surface area contributed by atoms with Gasteiger partial charge in [0.05, 0.1) is 6.61 Å². The molecule has 0 spiro atoms.